The van der Waals surface area contributed by atoms with Crippen molar-refractivity contribution in [3.8, 4) is 5.75 Å². The Labute approximate surface area is 181 Å². The Bertz CT molecular complexity index is 1120. The van der Waals surface area contributed by atoms with Crippen molar-refractivity contribution in [2.24, 2.45) is 0 Å². The third kappa shape index (κ3) is 6.91. The normalized spacial score (nSPS) is 11.3. The zero-order valence-corrected chi connectivity index (χ0v) is 17.8. The van der Waals surface area contributed by atoms with E-state index in [1.54, 1.807) is 30.3 Å². The SMILES string of the molecule is CS(=O)(=O)N(CC(=O)Nc1ccc(OCc2ccccc2)cc1)Cc1ccccc1F. The fourth-order valence-corrected chi connectivity index (χ4v) is 3.57. The molecule has 0 saturated carbocycles. The molecular weight excluding hydrogens is 419 g/mol. The molecule has 3 rings (SSSR count). The fraction of sp³-hybridized carbons (Fsp3) is 0.174. The lowest BCUT2D eigenvalue weighted by Crippen LogP contribution is -2.37. The summed E-state index contributed by atoms with van der Waals surface area (Å²) < 4.78 is 44.7. The van der Waals surface area contributed by atoms with E-state index in [4.69, 9.17) is 4.74 Å². The maximum Gasteiger partial charge on any atom is 0.239 e. The van der Waals surface area contributed by atoms with Gasteiger partial charge in [0.15, 0.2) is 0 Å². The molecule has 0 aliphatic rings. The van der Waals surface area contributed by atoms with Gasteiger partial charge in [0.1, 0.15) is 18.2 Å². The number of hydrogen-bond acceptors (Lipinski definition) is 4. The molecule has 3 aromatic carbocycles. The molecule has 0 bridgehead atoms. The molecule has 0 spiro atoms. The highest BCUT2D eigenvalue weighted by atomic mass is 32.2. The van der Waals surface area contributed by atoms with E-state index in [0.29, 0.717) is 18.0 Å². The van der Waals surface area contributed by atoms with Crippen molar-refractivity contribution in [1.82, 2.24) is 4.31 Å². The Balaban J connectivity index is 1.58. The van der Waals surface area contributed by atoms with Gasteiger partial charge in [0.05, 0.1) is 12.8 Å². The molecule has 0 aliphatic carbocycles. The van der Waals surface area contributed by atoms with Gasteiger partial charge in [0, 0.05) is 17.8 Å². The first-order valence-corrected chi connectivity index (χ1v) is 11.4. The first-order chi connectivity index (χ1) is 14.8. The van der Waals surface area contributed by atoms with Crippen molar-refractivity contribution in [2.75, 3.05) is 18.1 Å². The highest BCUT2D eigenvalue weighted by Crippen LogP contribution is 2.18. The summed E-state index contributed by atoms with van der Waals surface area (Å²) in [5, 5.41) is 2.65. The number of carbonyl (C=O) groups excluding carboxylic acids is 1. The quantitative estimate of drug-likeness (QED) is 0.547. The summed E-state index contributed by atoms with van der Waals surface area (Å²) in [6.07, 6.45) is 0.986. The summed E-state index contributed by atoms with van der Waals surface area (Å²) in [6.45, 7) is -0.240. The second-order valence-corrected chi connectivity index (χ2v) is 8.95. The molecule has 162 valence electrons. The molecule has 0 aliphatic heterocycles. The van der Waals surface area contributed by atoms with E-state index in [-0.39, 0.29) is 12.1 Å². The van der Waals surface area contributed by atoms with Gasteiger partial charge in [-0.25, -0.2) is 12.8 Å². The van der Waals surface area contributed by atoms with Crippen LogP contribution < -0.4 is 10.1 Å². The molecule has 0 radical (unpaired) electrons. The number of benzene rings is 3. The summed E-state index contributed by atoms with van der Waals surface area (Å²) in [4.78, 5) is 12.4. The number of halogens is 1. The van der Waals surface area contributed by atoms with Gasteiger partial charge in [-0.15, -0.1) is 0 Å². The minimum absolute atomic E-state index is 0.195. The van der Waals surface area contributed by atoms with Crippen molar-refractivity contribution in [2.45, 2.75) is 13.2 Å². The lowest BCUT2D eigenvalue weighted by atomic mass is 10.2. The molecule has 6 nitrogen and oxygen atoms in total. The zero-order chi connectivity index (χ0) is 22.3. The van der Waals surface area contributed by atoms with Gasteiger partial charge in [-0.2, -0.15) is 4.31 Å². The summed E-state index contributed by atoms with van der Waals surface area (Å²) in [7, 11) is -3.72. The lowest BCUT2D eigenvalue weighted by molar-refractivity contribution is -0.116. The lowest BCUT2D eigenvalue weighted by Gasteiger charge is -2.20. The third-order valence-electron chi connectivity index (χ3n) is 4.48. The number of nitrogens with zero attached hydrogens (tertiary/aromatic N) is 1. The van der Waals surface area contributed by atoms with Crippen LogP contribution in [0.15, 0.2) is 78.9 Å². The minimum Gasteiger partial charge on any atom is -0.489 e. The van der Waals surface area contributed by atoms with Crippen LogP contribution in [0, 0.1) is 5.82 Å². The van der Waals surface area contributed by atoms with E-state index in [1.807, 2.05) is 30.3 Å². The number of anilines is 1. The Morgan fingerprint density at radius 1 is 0.968 bits per heavy atom. The molecular formula is C23H23FN2O4S. The predicted octanol–water partition coefficient (Wildman–Crippen LogP) is 3.81. The first-order valence-electron chi connectivity index (χ1n) is 9.56. The van der Waals surface area contributed by atoms with Crippen LogP contribution >= 0.6 is 0 Å². The Hall–Kier alpha value is -3.23. The van der Waals surface area contributed by atoms with Crippen LogP contribution in [-0.2, 0) is 28.0 Å². The smallest absolute Gasteiger partial charge is 0.239 e. The monoisotopic (exact) mass is 442 g/mol. The van der Waals surface area contributed by atoms with E-state index in [0.717, 1.165) is 16.1 Å². The van der Waals surface area contributed by atoms with Crippen molar-refractivity contribution < 1.29 is 22.3 Å². The summed E-state index contributed by atoms with van der Waals surface area (Å²) in [6, 6.07) is 22.3. The molecule has 0 atom stereocenters. The molecule has 0 aromatic heterocycles. The van der Waals surface area contributed by atoms with Crippen LogP contribution in [0.25, 0.3) is 0 Å². The zero-order valence-electron chi connectivity index (χ0n) is 17.0. The van der Waals surface area contributed by atoms with E-state index in [1.165, 1.54) is 18.2 Å². The average molecular weight is 443 g/mol. The molecule has 1 amide bonds. The molecule has 0 fully saturated rings. The Morgan fingerprint density at radius 3 is 2.26 bits per heavy atom. The second kappa shape index (κ2) is 10.2. The number of carbonyl (C=O) groups is 1. The maximum absolute atomic E-state index is 13.9. The summed E-state index contributed by atoms with van der Waals surface area (Å²) >= 11 is 0. The molecule has 0 saturated heterocycles. The topological polar surface area (TPSA) is 75.7 Å². The molecule has 3 aromatic rings. The number of nitrogens with one attached hydrogen (secondary N) is 1. The van der Waals surface area contributed by atoms with Crippen LogP contribution in [0.2, 0.25) is 0 Å². The minimum atomic E-state index is -3.72. The van der Waals surface area contributed by atoms with Crippen LogP contribution in [0.3, 0.4) is 0 Å². The van der Waals surface area contributed by atoms with Gasteiger partial charge >= 0.3 is 0 Å². The largest absolute Gasteiger partial charge is 0.489 e. The van der Waals surface area contributed by atoms with Gasteiger partial charge in [-0.05, 0) is 35.9 Å². The highest BCUT2D eigenvalue weighted by molar-refractivity contribution is 7.88. The Morgan fingerprint density at radius 2 is 1.61 bits per heavy atom. The van der Waals surface area contributed by atoms with Crippen molar-refractivity contribution in [3.63, 3.8) is 0 Å². The van der Waals surface area contributed by atoms with Crippen LogP contribution in [0.5, 0.6) is 5.75 Å². The summed E-state index contributed by atoms with van der Waals surface area (Å²) in [5.41, 5.74) is 1.73. The first kappa shape index (κ1) is 22.5. The van der Waals surface area contributed by atoms with Crippen LogP contribution in [0.1, 0.15) is 11.1 Å². The molecule has 0 unspecified atom stereocenters. The molecule has 1 N–H and O–H groups in total. The van der Waals surface area contributed by atoms with Crippen LogP contribution in [0.4, 0.5) is 10.1 Å². The molecule has 0 heterocycles. The van der Waals surface area contributed by atoms with Gasteiger partial charge < -0.3 is 10.1 Å². The number of ether oxygens (including phenoxy) is 1. The number of sulfonamides is 1. The van der Waals surface area contributed by atoms with Gasteiger partial charge in [0.2, 0.25) is 15.9 Å². The average Bonchev–Trinajstić information content (AvgIpc) is 2.74. The molecule has 8 heteroatoms. The third-order valence-corrected chi connectivity index (χ3v) is 5.68. The highest BCUT2D eigenvalue weighted by Gasteiger charge is 2.21. The fourth-order valence-electron chi connectivity index (χ4n) is 2.84. The maximum atomic E-state index is 13.9. The predicted molar refractivity (Wildman–Crippen MR) is 117 cm³/mol. The van der Waals surface area contributed by atoms with E-state index in [2.05, 4.69) is 5.32 Å². The summed E-state index contributed by atoms with van der Waals surface area (Å²) in [5.74, 6) is -0.415. The van der Waals surface area contributed by atoms with E-state index < -0.39 is 28.3 Å². The van der Waals surface area contributed by atoms with Crippen molar-refractivity contribution in [1.29, 1.82) is 0 Å². The standard InChI is InChI=1S/C23H23FN2O4S/c1-31(28,29)26(15-19-9-5-6-10-22(19)24)16-23(27)25-20-11-13-21(14-12-20)30-17-18-7-3-2-4-8-18/h2-14H,15-17H2,1H3,(H,25,27). The van der Waals surface area contributed by atoms with Gasteiger partial charge in [0.25, 0.3) is 0 Å². The van der Waals surface area contributed by atoms with E-state index in [9.17, 15) is 17.6 Å². The van der Waals surface area contributed by atoms with Crippen LogP contribution in [-0.4, -0.2) is 31.4 Å². The van der Waals surface area contributed by atoms with Crippen molar-refractivity contribution in [3.05, 3.63) is 95.8 Å². The number of rotatable bonds is 9. The second-order valence-electron chi connectivity index (χ2n) is 6.97. The van der Waals surface area contributed by atoms with Gasteiger partial charge in [-0.1, -0.05) is 48.5 Å². The van der Waals surface area contributed by atoms with Crippen molar-refractivity contribution >= 4 is 21.6 Å². The van der Waals surface area contributed by atoms with Gasteiger partial charge in [-0.3, -0.25) is 4.79 Å². The molecule has 31 heavy (non-hydrogen) atoms. The number of amides is 1. The Kier molecular flexibility index (Phi) is 7.38. The van der Waals surface area contributed by atoms with E-state index >= 15 is 0 Å². The number of hydrogen-bond donors (Lipinski definition) is 1.